The number of hydrogen-bond donors (Lipinski definition) is 3. The molecule has 0 unspecified atom stereocenters. The Bertz CT molecular complexity index is 986. The van der Waals surface area contributed by atoms with Crippen molar-refractivity contribution in [3.63, 3.8) is 0 Å². The molecule has 0 aromatic carbocycles. The van der Waals surface area contributed by atoms with E-state index in [4.69, 9.17) is 0 Å². The largest absolute Gasteiger partial charge is 0.368 e. The van der Waals surface area contributed by atoms with Crippen LogP contribution in [0.2, 0.25) is 0 Å². The van der Waals surface area contributed by atoms with Gasteiger partial charge in [0.2, 0.25) is 5.91 Å². The first-order valence-electron chi connectivity index (χ1n) is 10.1. The van der Waals surface area contributed by atoms with Crippen molar-refractivity contribution in [3.8, 4) is 10.4 Å². The van der Waals surface area contributed by atoms with Gasteiger partial charge in [-0.15, -0.1) is 11.3 Å². The van der Waals surface area contributed by atoms with Gasteiger partial charge in [0.25, 0.3) is 0 Å². The highest BCUT2D eigenvalue weighted by molar-refractivity contribution is 7.15. The summed E-state index contributed by atoms with van der Waals surface area (Å²) in [6.45, 7) is 3.96. The van der Waals surface area contributed by atoms with Gasteiger partial charge in [-0.3, -0.25) is 9.78 Å². The Hall–Kier alpha value is -2.91. The van der Waals surface area contributed by atoms with Crippen LogP contribution in [0.15, 0.2) is 36.8 Å². The van der Waals surface area contributed by atoms with Crippen molar-refractivity contribution in [1.29, 1.82) is 0 Å². The second-order valence-corrected chi connectivity index (χ2v) is 8.30. The normalized spacial score (nSPS) is 15.8. The molecule has 1 atom stereocenters. The van der Waals surface area contributed by atoms with E-state index in [1.54, 1.807) is 23.7 Å². The van der Waals surface area contributed by atoms with Crippen LogP contribution in [0, 0.1) is 6.92 Å². The molecule has 8 nitrogen and oxygen atoms in total. The molecule has 0 spiro atoms. The molecule has 30 heavy (non-hydrogen) atoms. The SMILES string of the molecule is Cc1nc(Cc2ncc(-c3ccncc3)s2)cc(NCCNC(=O)[C@@H]2CCCN2)n1. The summed E-state index contributed by atoms with van der Waals surface area (Å²) in [5.74, 6) is 1.54. The lowest BCUT2D eigenvalue weighted by Crippen LogP contribution is -2.42. The molecular formula is C21H25N7OS. The first-order chi connectivity index (χ1) is 14.7. The number of pyridine rings is 1. The van der Waals surface area contributed by atoms with Crippen LogP contribution < -0.4 is 16.0 Å². The minimum Gasteiger partial charge on any atom is -0.368 e. The van der Waals surface area contributed by atoms with Gasteiger partial charge in [-0.1, -0.05) is 0 Å². The van der Waals surface area contributed by atoms with E-state index in [-0.39, 0.29) is 11.9 Å². The minimum atomic E-state index is -0.0479. The molecule has 0 aliphatic carbocycles. The van der Waals surface area contributed by atoms with Crippen LogP contribution in [-0.4, -0.2) is 51.5 Å². The van der Waals surface area contributed by atoms with E-state index in [0.29, 0.717) is 25.3 Å². The van der Waals surface area contributed by atoms with Crippen molar-refractivity contribution >= 4 is 23.1 Å². The van der Waals surface area contributed by atoms with Crippen LogP contribution in [0.5, 0.6) is 0 Å². The summed E-state index contributed by atoms with van der Waals surface area (Å²) in [4.78, 5) is 30.8. The van der Waals surface area contributed by atoms with Crippen molar-refractivity contribution in [2.75, 3.05) is 25.0 Å². The summed E-state index contributed by atoms with van der Waals surface area (Å²) >= 11 is 1.66. The highest BCUT2D eigenvalue weighted by Gasteiger charge is 2.21. The first kappa shape index (κ1) is 20.4. The zero-order chi connectivity index (χ0) is 20.8. The molecule has 1 amide bonds. The Labute approximate surface area is 179 Å². The second kappa shape index (κ2) is 9.73. The molecule has 1 saturated heterocycles. The maximum absolute atomic E-state index is 12.0. The van der Waals surface area contributed by atoms with Crippen LogP contribution in [0.1, 0.15) is 29.4 Å². The molecule has 3 N–H and O–H groups in total. The molecule has 0 bridgehead atoms. The smallest absolute Gasteiger partial charge is 0.237 e. The highest BCUT2D eigenvalue weighted by atomic mass is 32.1. The number of aromatic nitrogens is 4. The van der Waals surface area contributed by atoms with Gasteiger partial charge in [0.15, 0.2) is 0 Å². The monoisotopic (exact) mass is 423 g/mol. The average molecular weight is 424 g/mol. The molecule has 4 rings (SSSR count). The Morgan fingerprint density at radius 3 is 2.93 bits per heavy atom. The summed E-state index contributed by atoms with van der Waals surface area (Å²) < 4.78 is 0. The molecule has 156 valence electrons. The van der Waals surface area contributed by atoms with E-state index in [1.165, 1.54) is 0 Å². The van der Waals surface area contributed by atoms with Gasteiger partial charge in [0.05, 0.1) is 21.6 Å². The fourth-order valence-corrected chi connectivity index (χ4v) is 4.35. The van der Waals surface area contributed by atoms with Crippen LogP contribution >= 0.6 is 11.3 Å². The van der Waals surface area contributed by atoms with E-state index in [2.05, 4.69) is 35.9 Å². The standard InChI is InChI=1S/C21H25N7OS/c1-14-27-16(12-20-26-13-18(30-20)15-4-7-22-8-5-15)11-19(28-14)24-9-10-25-21(29)17-3-2-6-23-17/h4-5,7-8,11,13,17,23H,2-3,6,9-10,12H2,1H3,(H,25,29)(H,24,27,28)/t17-/m0/s1. The highest BCUT2D eigenvalue weighted by Crippen LogP contribution is 2.26. The summed E-state index contributed by atoms with van der Waals surface area (Å²) in [5, 5.41) is 10.4. The van der Waals surface area contributed by atoms with Gasteiger partial charge >= 0.3 is 0 Å². The number of thiazole rings is 1. The summed E-state index contributed by atoms with van der Waals surface area (Å²) in [6.07, 6.45) is 8.08. The van der Waals surface area contributed by atoms with Crippen molar-refractivity contribution in [1.82, 2.24) is 30.6 Å². The number of amides is 1. The van der Waals surface area contributed by atoms with E-state index < -0.39 is 0 Å². The van der Waals surface area contributed by atoms with Crippen LogP contribution in [-0.2, 0) is 11.2 Å². The molecule has 1 aliphatic heterocycles. The Morgan fingerprint density at radius 1 is 1.27 bits per heavy atom. The lowest BCUT2D eigenvalue weighted by molar-refractivity contribution is -0.122. The maximum Gasteiger partial charge on any atom is 0.237 e. The molecule has 1 fully saturated rings. The number of carbonyl (C=O) groups is 1. The molecule has 1 aliphatic rings. The summed E-state index contributed by atoms with van der Waals surface area (Å²) in [7, 11) is 0. The van der Waals surface area contributed by atoms with Crippen molar-refractivity contribution in [3.05, 3.63) is 53.3 Å². The third-order valence-corrected chi connectivity index (χ3v) is 5.90. The second-order valence-electron chi connectivity index (χ2n) is 7.19. The molecular weight excluding hydrogens is 398 g/mol. The number of carbonyl (C=O) groups excluding carboxylic acids is 1. The summed E-state index contributed by atoms with van der Waals surface area (Å²) in [5.41, 5.74) is 2.03. The van der Waals surface area contributed by atoms with Gasteiger partial charge < -0.3 is 16.0 Å². The number of anilines is 1. The van der Waals surface area contributed by atoms with Crippen LogP contribution in [0.25, 0.3) is 10.4 Å². The van der Waals surface area contributed by atoms with Gasteiger partial charge in [0.1, 0.15) is 11.6 Å². The van der Waals surface area contributed by atoms with Gasteiger partial charge in [0, 0.05) is 44.2 Å². The van der Waals surface area contributed by atoms with E-state index in [1.807, 2.05) is 31.3 Å². The van der Waals surface area contributed by atoms with Crippen LogP contribution in [0.4, 0.5) is 5.82 Å². The summed E-state index contributed by atoms with van der Waals surface area (Å²) in [6, 6.07) is 5.86. The van der Waals surface area contributed by atoms with Gasteiger partial charge in [-0.2, -0.15) is 0 Å². The van der Waals surface area contributed by atoms with Gasteiger partial charge in [-0.25, -0.2) is 15.0 Å². The molecule has 4 heterocycles. The number of hydrogen-bond acceptors (Lipinski definition) is 8. The zero-order valence-electron chi connectivity index (χ0n) is 16.9. The first-order valence-corrected chi connectivity index (χ1v) is 10.9. The zero-order valence-corrected chi connectivity index (χ0v) is 17.7. The molecule has 3 aromatic rings. The van der Waals surface area contributed by atoms with E-state index in [9.17, 15) is 4.79 Å². The lowest BCUT2D eigenvalue weighted by Gasteiger charge is -2.12. The van der Waals surface area contributed by atoms with E-state index >= 15 is 0 Å². The van der Waals surface area contributed by atoms with Crippen molar-refractivity contribution in [2.45, 2.75) is 32.2 Å². The average Bonchev–Trinajstić information content (AvgIpc) is 3.44. The number of nitrogens with one attached hydrogen (secondary N) is 3. The predicted octanol–water partition coefficient (Wildman–Crippen LogP) is 2.17. The van der Waals surface area contributed by atoms with Crippen molar-refractivity contribution < 1.29 is 4.79 Å². The quantitative estimate of drug-likeness (QED) is 0.477. The molecule has 0 radical (unpaired) electrons. The maximum atomic E-state index is 12.0. The molecule has 0 saturated carbocycles. The third kappa shape index (κ3) is 5.37. The predicted molar refractivity (Wildman–Crippen MR) is 117 cm³/mol. The Morgan fingerprint density at radius 2 is 2.13 bits per heavy atom. The Balaban J connectivity index is 1.32. The van der Waals surface area contributed by atoms with Gasteiger partial charge in [-0.05, 0) is 44.0 Å². The van der Waals surface area contributed by atoms with Crippen LogP contribution in [0.3, 0.4) is 0 Å². The third-order valence-electron chi connectivity index (χ3n) is 4.85. The molecule has 3 aromatic heterocycles. The number of nitrogens with zero attached hydrogens (tertiary/aromatic N) is 4. The number of aryl methyl sites for hydroxylation is 1. The fourth-order valence-electron chi connectivity index (χ4n) is 3.42. The number of rotatable bonds is 8. The lowest BCUT2D eigenvalue weighted by atomic mass is 10.2. The Kier molecular flexibility index (Phi) is 6.60. The molecule has 9 heteroatoms. The topological polar surface area (TPSA) is 105 Å². The van der Waals surface area contributed by atoms with Crippen molar-refractivity contribution in [2.24, 2.45) is 0 Å². The van der Waals surface area contributed by atoms with E-state index in [0.717, 1.165) is 46.3 Å². The fraction of sp³-hybridized carbons (Fsp3) is 0.381. The minimum absolute atomic E-state index is 0.0479.